The summed E-state index contributed by atoms with van der Waals surface area (Å²) in [4.78, 5) is 14.6. The third-order valence-electron chi connectivity index (χ3n) is 3.72. The molecule has 130 valence electrons. The van der Waals surface area contributed by atoms with E-state index in [2.05, 4.69) is 4.98 Å². The number of methoxy groups -OCH3 is 1. The Morgan fingerprint density at radius 1 is 1.08 bits per heavy atom. The predicted octanol–water partition coefficient (Wildman–Crippen LogP) is 3.99. The van der Waals surface area contributed by atoms with Crippen LogP contribution in [0.3, 0.4) is 0 Å². The minimum Gasteiger partial charge on any atom is -0.490 e. The molecule has 0 radical (unpaired) electrons. The Hall–Kier alpha value is -2.66. The fraction of sp³-hybridized carbons (Fsp3) is 0.211. The molecule has 0 aliphatic rings. The zero-order chi connectivity index (χ0) is 17.6. The van der Waals surface area contributed by atoms with Crippen LogP contribution in [0.1, 0.15) is 5.56 Å². The Morgan fingerprint density at radius 2 is 1.84 bits per heavy atom. The highest BCUT2D eigenvalue weighted by molar-refractivity contribution is 6.30. The Labute approximate surface area is 150 Å². The molecule has 1 heterocycles. The third kappa shape index (κ3) is 4.45. The van der Waals surface area contributed by atoms with Gasteiger partial charge < -0.3 is 19.2 Å². The summed E-state index contributed by atoms with van der Waals surface area (Å²) in [6.45, 7) is 0.801. The van der Waals surface area contributed by atoms with Crippen LogP contribution in [0.4, 0.5) is 0 Å². The number of fused-ring (bicyclic) bond motifs is 1. The van der Waals surface area contributed by atoms with Gasteiger partial charge in [-0.1, -0.05) is 17.7 Å². The van der Waals surface area contributed by atoms with Crippen LogP contribution in [-0.2, 0) is 16.0 Å². The second-order valence-corrected chi connectivity index (χ2v) is 5.86. The van der Waals surface area contributed by atoms with Gasteiger partial charge in [-0.25, -0.2) is 0 Å². The molecule has 1 aromatic heterocycles. The number of benzene rings is 2. The predicted molar refractivity (Wildman–Crippen MR) is 96.5 cm³/mol. The molecular weight excluding hydrogens is 342 g/mol. The van der Waals surface area contributed by atoms with Gasteiger partial charge in [0.15, 0.2) is 0 Å². The van der Waals surface area contributed by atoms with Crippen molar-refractivity contribution in [2.24, 2.45) is 0 Å². The second kappa shape index (κ2) is 7.94. The summed E-state index contributed by atoms with van der Waals surface area (Å²) in [5.74, 6) is 1.15. The van der Waals surface area contributed by atoms with Gasteiger partial charge in [0.2, 0.25) is 0 Å². The van der Waals surface area contributed by atoms with Crippen LogP contribution in [0.5, 0.6) is 11.5 Å². The molecule has 0 spiro atoms. The highest BCUT2D eigenvalue weighted by Crippen LogP contribution is 2.24. The Kier molecular flexibility index (Phi) is 5.46. The first-order valence-electron chi connectivity index (χ1n) is 7.83. The SMILES string of the molecule is COC(=O)Cc1c[nH]c2ccc(OCCOc3cccc(Cl)c3)cc12. The summed E-state index contributed by atoms with van der Waals surface area (Å²) in [5, 5.41) is 1.58. The summed E-state index contributed by atoms with van der Waals surface area (Å²) in [6.07, 6.45) is 2.03. The van der Waals surface area contributed by atoms with Gasteiger partial charge in [-0.3, -0.25) is 4.79 Å². The number of H-pyrrole nitrogens is 1. The number of ether oxygens (including phenoxy) is 3. The summed E-state index contributed by atoms with van der Waals surface area (Å²) in [5.41, 5.74) is 1.82. The van der Waals surface area contributed by atoms with Crippen molar-refractivity contribution in [2.45, 2.75) is 6.42 Å². The van der Waals surface area contributed by atoms with E-state index in [1.165, 1.54) is 7.11 Å². The van der Waals surface area contributed by atoms with E-state index in [1.54, 1.807) is 12.1 Å². The lowest BCUT2D eigenvalue weighted by Crippen LogP contribution is -2.09. The quantitative estimate of drug-likeness (QED) is 0.511. The van der Waals surface area contributed by atoms with Crippen molar-refractivity contribution in [1.29, 1.82) is 0 Å². The van der Waals surface area contributed by atoms with Gasteiger partial charge in [0.1, 0.15) is 24.7 Å². The molecule has 0 amide bonds. The van der Waals surface area contributed by atoms with E-state index in [4.69, 9.17) is 25.8 Å². The van der Waals surface area contributed by atoms with E-state index in [9.17, 15) is 4.79 Å². The van der Waals surface area contributed by atoms with Gasteiger partial charge in [-0.05, 0) is 42.0 Å². The number of carbonyl (C=O) groups excluding carboxylic acids is 1. The van der Waals surface area contributed by atoms with E-state index in [0.29, 0.717) is 29.7 Å². The van der Waals surface area contributed by atoms with E-state index < -0.39 is 0 Å². The fourth-order valence-electron chi connectivity index (χ4n) is 2.50. The van der Waals surface area contributed by atoms with Crippen molar-refractivity contribution in [2.75, 3.05) is 20.3 Å². The minimum atomic E-state index is -0.276. The van der Waals surface area contributed by atoms with Crippen LogP contribution in [-0.4, -0.2) is 31.3 Å². The van der Waals surface area contributed by atoms with Crippen molar-refractivity contribution in [3.63, 3.8) is 0 Å². The number of nitrogens with one attached hydrogen (secondary N) is 1. The highest BCUT2D eigenvalue weighted by Gasteiger charge is 2.10. The number of rotatable bonds is 7. The van der Waals surface area contributed by atoms with E-state index in [0.717, 1.165) is 16.5 Å². The van der Waals surface area contributed by atoms with Crippen molar-refractivity contribution in [3.05, 3.63) is 59.2 Å². The van der Waals surface area contributed by atoms with Crippen LogP contribution in [0.2, 0.25) is 5.02 Å². The zero-order valence-electron chi connectivity index (χ0n) is 13.8. The van der Waals surface area contributed by atoms with Gasteiger partial charge in [0, 0.05) is 22.1 Å². The molecule has 0 aliphatic carbocycles. The first-order chi connectivity index (χ1) is 12.2. The summed E-state index contributed by atoms with van der Waals surface area (Å²) in [6, 6.07) is 12.9. The average molecular weight is 360 g/mol. The number of aromatic nitrogens is 1. The van der Waals surface area contributed by atoms with E-state index >= 15 is 0 Å². The Bertz CT molecular complexity index is 875. The van der Waals surface area contributed by atoms with Gasteiger partial charge in [-0.15, -0.1) is 0 Å². The molecule has 0 saturated heterocycles. The first kappa shape index (κ1) is 17.2. The van der Waals surface area contributed by atoms with Crippen molar-refractivity contribution < 1.29 is 19.0 Å². The van der Waals surface area contributed by atoms with Gasteiger partial charge in [-0.2, -0.15) is 0 Å². The molecule has 0 unspecified atom stereocenters. The summed E-state index contributed by atoms with van der Waals surface area (Å²) >= 11 is 5.91. The smallest absolute Gasteiger partial charge is 0.310 e. The minimum absolute atomic E-state index is 0.220. The molecular formula is C19H18ClNO4. The van der Waals surface area contributed by atoms with Crippen LogP contribution in [0, 0.1) is 0 Å². The number of hydrogen-bond acceptors (Lipinski definition) is 4. The molecule has 3 rings (SSSR count). The molecule has 0 atom stereocenters. The zero-order valence-corrected chi connectivity index (χ0v) is 14.5. The Morgan fingerprint density at radius 3 is 2.56 bits per heavy atom. The van der Waals surface area contributed by atoms with Gasteiger partial charge >= 0.3 is 5.97 Å². The molecule has 2 aromatic carbocycles. The van der Waals surface area contributed by atoms with Crippen LogP contribution in [0.15, 0.2) is 48.7 Å². The standard InChI is InChI=1S/C19H18ClNO4/c1-23-19(22)9-13-12-21-18-6-5-16(11-17(13)18)25-8-7-24-15-4-2-3-14(20)10-15/h2-6,10-12,21H,7-9H2,1H3. The molecule has 5 nitrogen and oxygen atoms in total. The molecule has 6 heteroatoms. The molecule has 25 heavy (non-hydrogen) atoms. The van der Waals surface area contributed by atoms with Crippen molar-refractivity contribution in [3.8, 4) is 11.5 Å². The maximum atomic E-state index is 11.5. The number of esters is 1. The maximum absolute atomic E-state index is 11.5. The molecule has 0 aliphatic heterocycles. The second-order valence-electron chi connectivity index (χ2n) is 5.43. The van der Waals surface area contributed by atoms with Gasteiger partial charge in [0.05, 0.1) is 13.5 Å². The molecule has 0 saturated carbocycles. The molecule has 1 N–H and O–H groups in total. The number of carbonyl (C=O) groups is 1. The topological polar surface area (TPSA) is 60.6 Å². The van der Waals surface area contributed by atoms with Crippen molar-refractivity contribution >= 4 is 28.5 Å². The lowest BCUT2D eigenvalue weighted by atomic mass is 10.1. The largest absolute Gasteiger partial charge is 0.490 e. The lowest BCUT2D eigenvalue weighted by molar-refractivity contribution is -0.139. The van der Waals surface area contributed by atoms with Gasteiger partial charge in [0.25, 0.3) is 0 Å². The van der Waals surface area contributed by atoms with Crippen LogP contribution >= 0.6 is 11.6 Å². The first-order valence-corrected chi connectivity index (χ1v) is 8.21. The van der Waals surface area contributed by atoms with Crippen LogP contribution in [0.25, 0.3) is 10.9 Å². The third-order valence-corrected chi connectivity index (χ3v) is 3.95. The molecule has 3 aromatic rings. The van der Waals surface area contributed by atoms with Crippen LogP contribution < -0.4 is 9.47 Å². The van der Waals surface area contributed by atoms with E-state index in [1.807, 2.05) is 36.5 Å². The highest BCUT2D eigenvalue weighted by atomic mass is 35.5. The summed E-state index contributed by atoms with van der Waals surface area (Å²) in [7, 11) is 1.38. The van der Waals surface area contributed by atoms with Crippen molar-refractivity contribution in [1.82, 2.24) is 4.98 Å². The number of aromatic amines is 1. The Balaban J connectivity index is 1.59. The van der Waals surface area contributed by atoms with E-state index in [-0.39, 0.29) is 12.4 Å². The lowest BCUT2D eigenvalue weighted by Gasteiger charge is -2.09. The summed E-state index contributed by atoms with van der Waals surface area (Å²) < 4.78 is 16.1. The maximum Gasteiger partial charge on any atom is 0.310 e. The normalized spacial score (nSPS) is 10.6. The number of halogens is 1. The molecule has 0 fully saturated rings. The molecule has 0 bridgehead atoms. The average Bonchev–Trinajstić information content (AvgIpc) is 3.01. The number of hydrogen-bond donors (Lipinski definition) is 1. The monoisotopic (exact) mass is 359 g/mol. The fourth-order valence-corrected chi connectivity index (χ4v) is 2.68.